The fourth-order valence-electron chi connectivity index (χ4n) is 1.88. The molecule has 0 aliphatic heterocycles. The van der Waals surface area contributed by atoms with E-state index in [2.05, 4.69) is 4.72 Å². The molecule has 20 heavy (non-hydrogen) atoms. The molecule has 114 valence electrons. The first-order chi connectivity index (χ1) is 9.01. The van der Waals surface area contributed by atoms with Crippen LogP contribution in [-0.4, -0.2) is 20.3 Å². The van der Waals surface area contributed by atoms with E-state index in [0.29, 0.717) is 12.0 Å². The van der Waals surface area contributed by atoms with Crippen molar-refractivity contribution in [2.45, 2.75) is 44.4 Å². The lowest BCUT2D eigenvalue weighted by atomic mass is 9.90. The lowest BCUT2D eigenvalue weighted by molar-refractivity contribution is 0.369. The van der Waals surface area contributed by atoms with E-state index in [9.17, 15) is 12.8 Å². The average molecular weight is 322 g/mol. The fourth-order valence-corrected chi connectivity index (χ4v) is 3.85. The van der Waals surface area contributed by atoms with Gasteiger partial charge in [-0.3, -0.25) is 0 Å². The van der Waals surface area contributed by atoms with Gasteiger partial charge in [0.05, 0.1) is 4.90 Å². The van der Waals surface area contributed by atoms with E-state index in [1.165, 1.54) is 12.1 Å². The Morgan fingerprint density at radius 1 is 1.35 bits per heavy atom. The minimum Gasteiger partial charge on any atom is -0.210 e. The number of rotatable bonds is 5. The molecule has 1 N–H and O–H groups in total. The zero-order valence-electron chi connectivity index (χ0n) is 12.2. The summed E-state index contributed by atoms with van der Waals surface area (Å²) in [5.41, 5.74) is 0.521. The van der Waals surface area contributed by atoms with E-state index in [4.69, 9.17) is 11.6 Å². The molecule has 0 amide bonds. The first kappa shape index (κ1) is 17.4. The van der Waals surface area contributed by atoms with Crippen molar-refractivity contribution < 1.29 is 12.8 Å². The highest BCUT2D eigenvalue weighted by molar-refractivity contribution is 7.89. The van der Waals surface area contributed by atoms with Crippen molar-refractivity contribution in [3.63, 3.8) is 0 Å². The molecule has 1 aromatic carbocycles. The molecule has 0 aliphatic rings. The van der Waals surface area contributed by atoms with E-state index < -0.39 is 15.8 Å². The molecular formula is C14H21ClFNO2S. The number of hydrogen-bond acceptors (Lipinski definition) is 2. The number of benzene rings is 1. The molecule has 0 radical (unpaired) electrons. The average Bonchev–Trinajstić information content (AvgIpc) is 2.27. The summed E-state index contributed by atoms with van der Waals surface area (Å²) in [7, 11) is -3.74. The van der Waals surface area contributed by atoms with Crippen LogP contribution < -0.4 is 4.72 Å². The highest BCUT2D eigenvalue weighted by Gasteiger charge is 2.21. The van der Waals surface area contributed by atoms with Crippen LogP contribution in [0.3, 0.4) is 0 Å². The Morgan fingerprint density at radius 2 is 1.95 bits per heavy atom. The first-order valence-corrected chi connectivity index (χ1v) is 8.33. The van der Waals surface area contributed by atoms with Gasteiger partial charge in [0.25, 0.3) is 0 Å². The summed E-state index contributed by atoms with van der Waals surface area (Å²) in [4.78, 5) is -0.0443. The van der Waals surface area contributed by atoms with Crippen molar-refractivity contribution in [2.24, 2.45) is 5.41 Å². The molecule has 3 nitrogen and oxygen atoms in total. The molecule has 1 aromatic rings. The smallest absolute Gasteiger partial charge is 0.210 e. The van der Waals surface area contributed by atoms with E-state index >= 15 is 0 Å². The second-order valence-electron chi connectivity index (χ2n) is 6.12. The van der Waals surface area contributed by atoms with Crippen LogP contribution in [0.2, 0.25) is 0 Å². The van der Waals surface area contributed by atoms with Crippen LogP contribution in [0.1, 0.15) is 32.8 Å². The Morgan fingerprint density at radius 3 is 2.50 bits per heavy atom. The Labute approximate surface area is 125 Å². The molecule has 1 atom stereocenters. The Kier molecular flexibility index (Phi) is 5.58. The van der Waals surface area contributed by atoms with Gasteiger partial charge in [0.2, 0.25) is 10.0 Å². The lowest BCUT2D eigenvalue weighted by Gasteiger charge is -2.22. The van der Waals surface area contributed by atoms with Crippen LogP contribution in [0.25, 0.3) is 0 Å². The van der Waals surface area contributed by atoms with Gasteiger partial charge in [0, 0.05) is 11.9 Å². The molecule has 0 bridgehead atoms. The maximum absolute atomic E-state index is 13.2. The standard InChI is InChI=1S/C14H21ClFNO2S/c1-10-5-6-12(16)7-13(10)20(18,19)17-9-11(15)8-14(2,3)4/h5-7,11,17H,8-9H2,1-4H3. The van der Waals surface area contributed by atoms with Gasteiger partial charge in [-0.15, -0.1) is 11.6 Å². The largest absolute Gasteiger partial charge is 0.240 e. The van der Waals surface area contributed by atoms with Crippen molar-refractivity contribution in [1.82, 2.24) is 4.72 Å². The van der Waals surface area contributed by atoms with Crippen molar-refractivity contribution >= 4 is 21.6 Å². The van der Waals surface area contributed by atoms with Crippen LogP contribution in [-0.2, 0) is 10.0 Å². The van der Waals surface area contributed by atoms with Crippen molar-refractivity contribution in [2.75, 3.05) is 6.54 Å². The molecule has 6 heteroatoms. The molecule has 0 saturated carbocycles. The number of aryl methyl sites for hydroxylation is 1. The summed E-state index contributed by atoms with van der Waals surface area (Å²) in [6, 6.07) is 3.69. The van der Waals surface area contributed by atoms with Gasteiger partial charge < -0.3 is 0 Å². The van der Waals surface area contributed by atoms with Gasteiger partial charge >= 0.3 is 0 Å². The van der Waals surface area contributed by atoms with Crippen LogP contribution >= 0.6 is 11.6 Å². The molecular weight excluding hydrogens is 301 g/mol. The molecule has 0 aliphatic carbocycles. The SMILES string of the molecule is Cc1ccc(F)cc1S(=O)(=O)NCC(Cl)CC(C)(C)C. The molecule has 0 heterocycles. The zero-order chi connectivity index (χ0) is 15.6. The summed E-state index contributed by atoms with van der Waals surface area (Å²) in [6.07, 6.45) is 0.680. The predicted octanol–water partition coefficient (Wildman–Crippen LogP) is 3.46. The third kappa shape index (κ3) is 5.38. The van der Waals surface area contributed by atoms with E-state index in [0.717, 1.165) is 6.07 Å². The van der Waals surface area contributed by atoms with Gasteiger partial charge in [-0.25, -0.2) is 17.5 Å². The monoisotopic (exact) mass is 321 g/mol. The first-order valence-electron chi connectivity index (χ1n) is 6.41. The third-order valence-electron chi connectivity index (χ3n) is 2.77. The van der Waals surface area contributed by atoms with Crippen LogP contribution in [0, 0.1) is 18.2 Å². The maximum atomic E-state index is 13.2. The quantitative estimate of drug-likeness (QED) is 0.844. The van der Waals surface area contributed by atoms with Crippen LogP contribution in [0.4, 0.5) is 4.39 Å². The molecule has 1 unspecified atom stereocenters. The maximum Gasteiger partial charge on any atom is 0.240 e. The summed E-state index contributed by atoms with van der Waals surface area (Å²) < 4.78 is 39.9. The summed E-state index contributed by atoms with van der Waals surface area (Å²) in [6.45, 7) is 7.85. The molecule has 0 spiro atoms. The van der Waals surface area contributed by atoms with E-state index in [1.54, 1.807) is 6.92 Å². The number of halogens is 2. The van der Waals surface area contributed by atoms with Crippen molar-refractivity contribution in [3.8, 4) is 0 Å². The highest BCUT2D eigenvalue weighted by Crippen LogP contribution is 2.23. The molecule has 0 saturated heterocycles. The summed E-state index contributed by atoms with van der Waals surface area (Å²) in [5.74, 6) is -0.576. The topological polar surface area (TPSA) is 46.2 Å². The minimum atomic E-state index is -3.74. The van der Waals surface area contributed by atoms with Gasteiger partial charge in [-0.2, -0.15) is 0 Å². The predicted molar refractivity (Wildman–Crippen MR) is 80.0 cm³/mol. The van der Waals surface area contributed by atoms with Gasteiger partial charge in [-0.05, 0) is 36.5 Å². The second kappa shape index (κ2) is 6.41. The molecule has 1 rings (SSSR count). The Balaban J connectivity index is 2.78. The Bertz CT molecular complexity index is 567. The zero-order valence-corrected chi connectivity index (χ0v) is 13.8. The van der Waals surface area contributed by atoms with Gasteiger partial charge in [0.15, 0.2) is 0 Å². The van der Waals surface area contributed by atoms with Gasteiger partial charge in [0.1, 0.15) is 5.82 Å². The van der Waals surface area contributed by atoms with E-state index in [-0.39, 0.29) is 22.2 Å². The molecule has 0 aromatic heterocycles. The number of hydrogen-bond donors (Lipinski definition) is 1. The lowest BCUT2D eigenvalue weighted by Crippen LogP contribution is -2.32. The normalized spacial score (nSPS) is 14.3. The fraction of sp³-hybridized carbons (Fsp3) is 0.571. The number of sulfonamides is 1. The van der Waals surface area contributed by atoms with Crippen molar-refractivity contribution in [1.29, 1.82) is 0 Å². The minimum absolute atomic E-state index is 0.0205. The van der Waals surface area contributed by atoms with Gasteiger partial charge in [-0.1, -0.05) is 26.8 Å². The summed E-state index contributed by atoms with van der Waals surface area (Å²) in [5, 5.41) is -0.307. The summed E-state index contributed by atoms with van der Waals surface area (Å²) >= 11 is 6.13. The van der Waals surface area contributed by atoms with Crippen LogP contribution in [0.5, 0.6) is 0 Å². The van der Waals surface area contributed by atoms with Crippen LogP contribution in [0.15, 0.2) is 23.1 Å². The van der Waals surface area contributed by atoms with Crippen molar-refractivity contribution in [3.05, 3.63) is 29.6 Å². The number of nitrogens with one attached hydrogen (secondary N) is 1. The third-order valence-corrected chi connectivity index (χ3v) is 4.64. The number of alkyl halides is 1. The second-order valence-corrected chi connectivity index (χ2v) is 8.48. The highest BCUT2D eigenvalue weighted by atomic mass is 35.5. The van der Waals surface area contributed by atoms with E-state index in [1.807, 2.05) is 20.8 Å². The molecule has 0 fully saturated rings. The Hall–Kier alpha value is -0.650.